The highest BCUT2D eigenvalue weighted by atomic mass is 17.1. The average Bonchev–Trinajstić information content (AvgIpc) is 2.90. The van der Waals surface area contributed by atoms with Crippen molar-refractivity contribution in [1.29, 1.82) is 0 Å². The number of ether oxygens (including phenoxy) is 1. The van der Waals surface area contributed by atoms with Gasteiger partial charge in [0.2, 0.25) is 0 Å². The van der Waals surface area contributed by atoms with Gasteiger partial charge in [-0.2, -0.15) is 0 Å². The number of rotatable bonds is 9. The van der Waals surface area contributed by atoms with Crippen molar-refractivity contribution >= 4 is 17.9 Å². The summed E-state index contributed by atoms with van der Waals surface area (Å²) < 4.78 is 5.03. The molecule has 3 amide bonds. The van der Waals surface area contributed by atoms with E-state index in [0.717, 1.165) is 11.3 Å². The Kier molecular flexibility index (Phi) is 6.92. The highest BCUT2D eigenvalue weighted by molar-refractivity contribution is 6.21. The van der Waals surface area contributed by atoms with Crippen LogP contribution in [-0.4, -0.2) is 53.9 Å². The summed E-state index contributed by atoms with van der Waals surface area (Å²) in [5, 5.41) is 11.6. The summed E-state index contributed by atoms with van der Waals surface area (Å²) in [5.74, 6) is -0.770. The van der Waals surface area contributed by atoms with Gasteiger partial charge in [-0.05, 0) is 30.4 Å². The van der Waals surface area contributed by atoms with Crippen LogP contribution in [0.3, 0.4) is 0 Å². The number of carbonyl (C=O) groups is 3. The van der Waals surface area contributed by atoms with Gasteiger partial charge in [-0.25, -0.2) is 9.68 Å². The first kappa shape index (κ1) is 20.9. The molecule has 8 heteroatoms. The molecule has 0 aromatic heterocycles. The molecule has 1 aliphatic heterocycles. The summed E-state index contributed by atoms with van der Waals surface area (Å²) in [6.45, 7) is 6.08. The van der Waals surface area contributed by atoms with Crippen LogP contribution in [0.25, 0.3) is 0 Å². The SMILES string of the molecule is CCC(C)(C)C(CCNC(=O)OCCN1C(=O)c2ccccc2C1=O)OO. The lowest BCUT2D eigenvalue weighted by atomic mass is 9.82. The molecule has 148 valence electrons. The molecule has 0 spiro atoms. The second kappa shape index (κ2) is 8.96. The van der Waals surface area contributed by atoms with Crippen molar-refractivity contribution in [2.75, 3.05) is 19.7 Å². The Bertz CT molecular complexity index is 668. The van der Waals surface area contributed by atoms with Crippen molar-refractivity contribution in [3.05, 3.63) is 35.4 Å². The maximum Gasteiger partial charge on any atom is 0.407 e. The van der Waals surface area contributed by atoms with Gasteiger partial charge in [-0.1, -0.05) is 32.9 Å². The van der Waals surface area contributed by atoms with Crippen molar-refractivity contribution in [1.82, 2.24) is 10.2 Å². The molecule has 1 atom stereocenters. The molecule has 2 N–H and O–H groups in total. The predicted octanol–water partition coefficient (Wildman–Crippen LogP) is 2.69. The van der Waals surface area contributed by atoms with Crippen LogP contribution in [0, 0.1) is 5.41 Å². The van der Waals surface area contributed by atoms with Crippen LogP contribution in [0.2, 0.25) is 0 Å². The Balaban J connectivity index is 1.73. The van der Waals surface area contributed by atoms with Gasteiger partial charge >= 0.3 is 6.09 Å². The van der Waals surface area contributed by atoms with Crippen molar-refractivity contribution < 1.29 is 29.3 Å². The van der Waals surface area contributed by atoms with E-state index in [-0.39, 0.29) is 36.9 Å². The van der Waals surface area contributed by atoms with E-state index in [0.29, 0.717) is 17.5 Å². The number of benzene rings is 1. The molecular formula is C19H26N2O6. The van der Waals surface area contributed by atoms with E-state index in [1.54, 1.807) is 24.3 Å². The van der Waals surface area contributed by atoms with Crippen LogP contribution in [0.15, 0.2) is 24.3 Å². The summed E-state index contributed by atoms with van der Waals surface area (Å²) in [5.41, 5.74) is 0.493. The van der Waals surface area contributed by atoms with Gasteiger partial charge in [0.05, 0.1) is 23.8 Å². The van der Waals surface area contributed by atoms with Crippen molar-refractivity contribution in [3.8, 4) is 0 Å². The summed E-state index contributed by atoms with van der Waals surface area (Å²) in [6.07, 6.45) is 0.159. The lowest BCUT2D eigenvalue weighted by Crippen LogP contribution is -2.37. The zero-order valence-electron chi connectivity index (χ0n) is 15.9. The second-order valence-electron chi connectivity index (χ2n) is 7.10. The number of imide groups is 1. The van der Waals surface area contributed by atoms with Crippen LogP contribution in [-0.2, 0) is 9.62 Å². The Morgan fingerprint density at radius 1 is 1.22 bits per heavy atom. The molecule has 0 saturated heterocycles. The standard InChI is InChI=1S/C19H26N2O6/c1-4-19(2,3)15(27-25)9-10-20-18(24)26-12-11-21-16(22)13-7-5-6-8-14(13)17(21)23/h5-8,15,25H,4,9-12H2,1-3H3,(H,20,24). The second-order valence-corrected chi connectivity index (χ2v) is 7.10. The van der Waals surface area contributed by atoms with E-state index in [2.05, 4.69) is 10.2 Å². The molecule has 0 fully saturated rings. The minimum Gasteiger partial charge on any atom is -0.448 e. The molecule has 8 nitrogen and oxygen atoms in total. The molecule has 1 aromatic carbocycles. The molecule has 1 unspecified atom stereocenters. The van der Waals surface area contributed by atoms with Gasteiger partial charge in [0, 0.05) is 6.54 Å². The van der Waals surface area contributed by atoms with E-state index in [1.165, 1.54) is 0 Å². The number of carbonyl (C=O) groups excluding carboxylic acids is 3. The number of nitrogens with one attached hydrogen (secondary N) is 1. The number of hydrogen-bond donors (Lipinski definition) is 2. The predicted molar refractivity (Wildman–Crippen MR) is 97.4 cm³/mol. The smallest absolute Gasteiger partial charge is 0.407 e. The minimum absolute atomic E-state index is 0.00892. The lowest BCUT2D eigenvalue weighted by molar-refractivity contribution is -0.302. The quantitative estimate of drug-likeness (QED) is 0.389. The fraction of sp³-hybridized carbons (Fsp3) is 0.526. The third kappa shape index (κ3) is 4.84. The van der Waals surface area contributed by atoms with E-state index >= 15 is 0 Å². The molecule has 0 bridgehead atoms. The van der Waals surface area contributed by atoms with Gasteiger partial charge in [-0.15, -0.1) is 0 Å². The van der Waals surface area contributed by atoms with Crippen LogP contribution in [0.4, 0.5) is 4.79 Å². The monoisotopic (exact) mass is 378 g/mol. The molecule has 0 radical (unpaired) electrons. The first-order chi connectivity index (χ1) is 12.8. The first-order valence-electron chi connectivity index (χ1n) is 8.98. The summed E-state index contributed by atoms with van der Waals surface area (Å²) in [4.78, 5) is 41.7. The maximum absolute atomic E-state index is 12.2. The third-order valence-corrected chi connectivity index (χ3v) is 5.01. The Morgan fingerprint density at radius 2 is 1.81 bits per heavy atom. The maximum atomic E-state index is 12.2. The summed E-state index contributed by atoms with van der Waals surface area (Å²) in [6, 6.07) is 6.59. The van der Waals surface area contributed by atoms with Gasteiger partial charge in [0.25, 0.3) is 11.8 Å². The van der Waals surface area contributed by atoms with Gasteiger partial charge in [0.1, 0.15) is 6.61 Å². The molecule has 0 aliphatic carbocycles. The van der Waals surface area contributed by atoms with Crippen LogP contribution in [0.5, 0.6) is 0 Å². The fourth-order valence-corrected chi connectivity index (χ4v) is 2.84. The number of fused-ring (bicyclic) bond motifs is 1. The third-order valence-electron chi connectivity index (χ3n) is 5.01. The van der Waals surface area contributed by atoms with E-state index in [9.17, 15) is 14.4 Å². The van der Waals surface area contributed by atoms with Crippen molar-refractivity contribution in [2.24, 2.45) is 5.41 Å². The van der Waals surface area contributed by atoms with E-state index in [4.69, 9.17) is 9.99 Å². The molecule has 27 heavy (non-hydrogen) atoms. The average molecular weight is 378 g/mol. The van der Waals surface area contributed by atoms with Crippen LogP contribution < -0.4 is 5.32 Å². The van der Waals surface area contributed by atoms with Crippen LogP contribution >= 0.6 is 0 Å². The van der Waals surface area contributed by atoms with E-state index in [1.807, 2.05) is 20.8 Å². The van der Waals surface area contributed by atoms with Gasteiger partial charge < -0.3 is 10.1 Å². The van der Waals surface area contributed by atoms with E-state index < -0.39 is 12.2 Å². The number of amides is 3. The fourth-order valence-electron chi connectivity index (χ4n) is 2.84. The van der Waals surface area contributed by atoms with Gasteiger partial charge in [0.15, 0.2) is 0 Å². The summed E-state index contributed by atoms with van der Waals surface area (Å²) in [7, 11) is 0. The molecule has 1 aromatic rings. The molecule has 1 heterocycles. The van der Waals surface area contributed by atoms with Crippen molar-refractivity contribution in [3.63, 3.8) is 0 Å². The lowest BCUT2D eigenvalue weighted by Gasteiger charge is -2.30. The van der Waals surface area contributed by atoms with Crippen LogP contribution in [0.1, 0.15) is 54.3 Å². The Morgan fingerprint density at radius 3 is 2.33 bits per heavy atom. The summed E-state index contributed by atoms with van der Waals surface area (Å²) >= 11 is 0. The zero-order chi connectivity index (χ0) is 20.0. The first-order valence-corrected chi connectivity index (χ1v) is 8.98. The molecule has 2 rings (SSSR count). The molecule has 1 aliphatic rings. The highest BCUT2D eigenvalue weighted by Gasteiger charge is 2.35. The molecular weight excluding hydrogens is 352 g/mol. The zero-order valence-corrected chi connectivity index (χ0v) is 15.9. The number of hydrogen-bond acceptors (Lipinski definition) is 6. The normalized spacial score (nSPS) is 14.9. The number of nitrogens with zero attached hydrogens (tertiary/aromatic N) is 1. The minimum atomic E-state index is -0.655. The Labute approximate surface area is 158 Å². The number of alkyl carbamates (subject to hydrolysis) is 1. The highest BCUT2D eigenvalue weighted by Crippen LogP contribution is 2.28. The van der Waals surface area contributed by atoms with Crippen molar-refractivity contribution in [2.45, 2.75) is 39.7 Å². The van der Waals surface area contributed by atoms with Gasteiger partial charge in [-0.3, -0.25) is 19.7 Å². The topological polar surface area (TPSA) is 105 Å². The Hall–Kier alpha value is -2.45. The molecule has 0 saturated carbocycles. The largest absolute Gasteiger partial charge is 0.448 e.